The fraction of sp³-hybridized carbons (Fsp3) is 0.333. The van der Waals surface area contributed by atoms with Crippen LogP contribution in [0.2, 0.25) is 0 Å². The second kappa shape index (κ2) is 4.27. The van der Waals surface area contributed by atoms with E-state index in [0.717, 1.165) is 15.6 Å². The number of hydrogen-bond donors (Lipinski definition) is 0. The first-order chi connectivity index (χ1) is 8.36. The van der Waals surface area contributed by atoms with Crippen LogP contribution in [-0.2, 0) is 9.47 Å². The van der Waals surface area contributed by atoms with Gasteiger partial charge in [-0.25, -0.2) is 4.73 Å². The Balaban J connectivity index is 2.15. The first kappa shape index (κ1) is 10.4. The average molecular weight is 232 g/mol. The molecule has 0 spiro atoms. The molecule has 1 aliphatic rings. The van der Waals surface area contributed by atoms with Crippen molar-refractivity contribution in [1.82, 2.24) is 4.98 Å². The molecule has 5 heteroatoms. The lowest BCUT2D eigenvalue weighted by atomic mass is 10.1. The number of para-hydroxylation sites is 1. The Morgan fingerprint density at radius 2 is 2.18 bits per heavy atom. The van der Waals surface area contributed by atoms with E-state index in [-0.39, 0.29) is 6.10 Å². The summed E-state index contributed by atoms with van der Waals surface area (Å²) in [6, 6.07) is 7.54. The number of benzene rings is 1. The van der Waals surface area contributed by atoms with Crippen molar-refractivity contribution in [1.29, 1.82) is 0 Å². The third-order valence-corrected chi connectivity index (χ3v) is 2.84. The van der Waals surface area contributed by atoms with Crippen molar-refractivity contribution >= 4 is 10.9 Å². The van der Waals surface area contributed by atoms with Gasteiger partial charge in [0.15, 0.2) is 5.52 Å². The minimum atomic E-state index is -0.311. The molecule has 0 bridgehead atoms. The van der Waals surface area contributed by atoms with E-state index in [1.54, 1.807) is 0 Å². The molecule has 2 heterocycles. The molecule has 1 aromatic heterocycles. The maximum atomic E-state index is 11.9. The van der Waals surface area contributed by atoms with Crippen LogP contribution >= 0.6 is 0 Å². The Hall–Kier alpha value is -1.72. The topological polar surface area (TPSA) is 58.3 Å². The molecule has 1 fully saturated rings. The molecular formula is C12H12N2O3. The predicted molar refractivity (Wildman–Crippen MR) is 60.2 cm³/mol. The Morgan fingerprint density at radius 1 is 1.29 bits per heavy atom. The van der Waals surface area contributed by atoms with E-state index >= 15 is 0 Å². The van der Waals surface area contributed by atoms with Crippen LogP contribution in [0.5, 0.6) is 0 Å². The van der Waals surface area contributed by atoms with Gasteiger partial charge in [0.2, 0.25) is 0 Å². The summed E-state index contributed by atoms with van der Waals surface area (Å²) < 4.78 is 11.7. The highest BCUT2D eigenvalue weighted by atomic mass is 16.6. The minimum absolute atomic E-state index is 0.311. The van der Waals surface area contributed by atoms with Gasteiger partial charge in [0, 0.05) is 0 Å². The summed E-state index contributed by atoms with van der Waals surface area (Å²) in [5, 5.41) is 12.7. The monoisotopic (exact) mass is 232 g/mol. The lowest BCUT2D eigenvalue weighted by Gasteiger charge is -2.24. The molecule has 1 aliphatic heterocycles. The second-order valence-corrected chi connectivity index (χ2v) is 3.91. The summed E-state index contributed by atoms with van der Waals surface area (Å²) in [4.78, 5) is 4.09. The van der Waals surface area contributed by atoms with Crippen molar-refractivity contribution in [2.45, 2.75) is 6.10 Å². The summed E-state index contributed by atoms with van der Waals surface area (Å²) in [6.45, 7) is 1.51. The highest BCUT2D eigenvalue weighted by Gasteiger charge is 2.24. The average Bonchev–Trinajstić information content (AvgIpc) is 2.39. The van der Waals surface area contributed by atoms with E-state index in [0.29, 0.717) is 25.5 Å². The van der Waals surface area contributed by atoms with E-state index in [1.807, 2.05) is 24.3 Å². The smallest absolute Gasteiger partial charge is 0.290 e. The zero-order valence-electron chi connectivity index (χ0n) is 9.20. The van der Waals surface area contributed by atoms with Gasteiger partial charge in [-0.2, -0.15) is 0 Å². The number of hydrogen-bond acceptors (Lipinski definition) is 4. The Bertz CT molecular complexity index is 538. The van der Waals surface area contributed by atoms with Crippen LogP contribution in [-0.4, -0.2) is 24.8 Å². The molecule has 0 N–H and O–H groups in total. The molecule has 5 nitrogen and oxygen atoms in total. The second-order valence-electron chi connectivity index (χ2n) is 3.91. The number of ether oxygens (including phenoxy) is 2. The molecule has 17 heavy (non-hydrogen) atoms. The fourth-order valence-corrected chi connectivity index (χ4v) is 2.06. The summed E-state index contributed by atoms with van der Waals surface area (Å²) >= 11 is 0. The molecule has 88 valence electrons. The summed E-state index contributed by atoms with van der Waals surface area (Å²) in [5.74, 6) is 0. The van der Waals surface area contributed by atoms with Crippen molar-refractivity contribution in [3.05, 3.63) is 41.5 Å². The van der Waals surface area contributed by atoms with Crippen LogP contribution in [0.25, 0.3) is 10.9 Å². The number of aromatic nitrogens is 2. The third-order valence-electron chi connectivity index (χ3n) is 2.84. The summed E-state index contributed by atoms with van der Waals surface area (Å²) in [7, 11) is 0. The highest BCUT2D eigenvalue weighted by Crippen LogP contribution is 2.24. The van der Waals surface area contributed by atoms with Crippen LogP contribution in [0.4, 0.5) is 0 Å². The number of rotatable bonds is 1. The van der Waals surface area contributed by atoms with Crippen molar-refractivity contribution in [2.75, 3.05) is 19.8 Å². The van der Waals surface area contributed by atoms with Gasteiger partial charge in [0.1, 0.15) is 11.8 Å². The predicted octanol–water partition coefficient (Wildman–Crippen LogP) is 0.956. The maximum absolute atomic E-state index is 11.9. The van der Waals surface area contributed by atoms with Crippen LogP contribution < -0.4 is 4.73 Å². The van der Waals surface area contributed by atoms with E-state index in [2.05, 4.69) is 4.98 Å². The largest absolute Gasteiger partial charge is 0.711 e. The van der Waals surface area contributed by atoms with Crippen LogP contribution in [0, 0.1) is 5.21 Å². The SMILES string of the molecule is [O-][n+]1cnc2ccccc2c1C1COCCO1. The molecule has 1 saturated heterocycles. The molecule has 1 aromatic carbocycles. The Morgan fingerprint density at radius 3 is 3.00 bits per heavy atom. The zero-order valence-corrected chi connectivity index (χ0v) is 9.20. The number of nitrogens with zero attached hydrogens (tertiary/aromatic N) is 2. The van der Waals surface area contributed by atoms with Gasteiger partial charge in [-0.15, -0.1) is 0 Å². The standard InChI is InChI=1S/C12H12N2O3/c15-14-8-13-10-4-2-1-3-9(10)12(14)11-7-16-5-6-17-11/h1-4,8,11H,5-7H2. The normalized spacial score (nSPS) is 20.6. The Labute approximate surface area is 98.2 Å². The molecule has 1 unspecified atom stereocenters. The highest BCUT2D eigenvalue weighted by molar-refractivity contribution is 5.79. The van der Waals surface area contributed by atoms with Gasteiger partial charge in [0.25, 0.3) is 6.33 Å². The van der Waals surface area contributed by atoms with Gasteiger partial charge >= 0.3 is 0 Å². The first-order valence-corrected chi connectivity index (χ1v) is 5.52. The van der Waals surface area contributed by atoms with Crippen LogP contribution in [0.1, 0.15) is 11.8 Å². The van der Waals surface area contributed by atoms with Gasteiger partial charge in [-0.1, -0.05) is 12.1 Å². The minimum Gasteiger partial charge on any atom is -0.711 e. The van der Waals surface area contributed by atoms with E-state index in [1.165, 1.54) is 6.33 Å². The molecule has 1 atom stereocenters. The van der Waals surface area contributed by atoms with Gasteiger partial charge in [-0.05, 0) is 17.1 Å². The van der Waals surface area contributed by atoms with Crippen molar-refractivity contribution in [3.8, 4) is 0 Å². The van der Waals surface area contributed by atoms with Crippen molar-refractivity contribution in [2.24, 2.45) is 0 Å². The number of fused-ring (bicyclic) bond motifs is 1. The van der Waals surface area contributed by atoms with Crippen molar-refractivity contribution in [3.63, 3.8) is 0 Å². The molecule has 3 rings (SSSR count). The molecule has 0 saturated carbocycles. The van der Waals surface area contributed by atoms with Gasteiger partial charge < -0.3 is 14.7 Å². The molecule has 0 aliphatic carbocycles. The first-order valence-electron chi connectivity index (χ1n) is 5.52. The lowest BCUT2D eigenvalue weighted by molar-refractivity contribution is -0.621. The lowest BCUT2D eigenvalue weighted by Crippen LogP contribution is -2.38. The fourth-order valence-electron chi connectivity index (χ4n) is 2.06. The third kappa shape index (κ3) is 1.83. The molecular weight excluding hydrogens is 220 g/mol. The van der Waals surface area contributed by atoms with E-state index in [9.17, 15) is 5.21 Å². The molecule has 2 aromatic rings. The van der Waals surface area contributed by atoms with Crippen LogP contribution in [0.3, 0.4) is 0 Å². The van der Waals surface area contributed by atoms with Gasteiger partial charge in [-0.3, -0.25) is 0 Å². The van der Waals surface area contributed by atoms with E-state index in [4.69, 9.17) is 9.47 Å². The Kier molecular flexibility index (Phi) is 2.62. The van der Waals surface area contributed by atoms with E-state index < -0.39 is 0 Å². The quantitative estimate of drug-likeness (QED) is 0.542. The zero-order chi connectivity index (χ0) is 11.7. The molecule has 0 amide bonds. The van der Waals surface area contributed by atoms with Crippen LogP contribution in [0.15, 0.2) is 30.6 Å². The summed E-state index contributed by atoms with van der Waals surface area (Å²) in [5.41, 5.74) is 1.37. The summed E-state index contributed by atoms with van der Waals surface area (Å²) in [6.07, 6.45) is 0.962. The van der Waals surface area contributed by atoms with Crippen molar-refractivity contribution < 1.29 is 14.2 Å². The maximum Gasteiger partial charge on any atom is 0.290 e. The van der Waals surface area contributed by atoms with Gasteiger partial charge in [0.05, 0.1) is 25.2 Å². The molecule has 0 radical (unpaired) electrons.